The van der Waals surface area contributed by atoms with Gasteiger partial charge in [-0.3, -0.25) is 0 Å². The lowest BCUT2D eigenvalue weighted by atomic mass is 10.1. The summed E-state index contributed by atoms with van der Waals surface area (Å²) in [5.74, 6) is -0.748. The first-order valence-corrected chi connectivity index (χ1v) is 4.22. The Kier molecular flexibility index (Phi) is 3.87. The van der Waals surface area contributed by atoms with Gasteiger partial charge in [0.25, 0.3) is 0 Å². The molecule has 1 aliphatic heterocycles. The fourth-order valence-corrected chi connectivity index (χ4v) is 1.40. The van der Waals surface area contributed by atoms with E-state index in [4.69, 9.17) is 15.4 Å². The first-order valence-electron chi connectivity index (χ1n) is 4.22. The van der Waals surface area contributed by atoms with E-state index in [0.717, 1.165) is 7.11 Å². The third-order valence-electron chi connectivity index (χ3n) is 2.16. The normalized spacial score (nSPS) is 34.6. The number of rotatable bonds is 3. The van der Waals surface area contributed by atoms with Crippen molar-refractivity contribution in [1.82, 2.24) is 0 Å². The number of carbonyl (C=O) groups is 1. The SMILES string of the molecule is COC(=O)[C@H]1O[C@H](CO)[C@H](O)[C@H]1N=[N+]=[N-]. The van der Waals surface area contributed by atoms with E-state index in [0.29, 0.717) is 0 Å². The average molecular weight is 217 g/mol. The minimum absolute atomic E-state index is 0.466. The summed E-state index contributed by atoms with van der Waals surface area (Å²) in [5.41, 5.74) is 8.25. The lowest BCUT2D eigenvalue weighted by Crippen LogP contribution is -2.35. The van der Waals surface area contributed by atoms with Crippen molar-refractivity contribution in [2.24, 2.45) is 5.11 Å². The molecule has 15 heavy (non-hydrogen) atoms. The predicted molar refractivity (Wildman–Crippen MR) is 46.7 cm³/mol. The Morgan fingerprint density at radius 1 is 1.73 bits per heavy atom. The highest BCUT2D eigenvalue weighted by Gasteiger charge is 2.47. The van der Waals surface area contributed by atoms with Gasteiger partial charge in [0.15, 0.2) is 6.10 Å². The molecule has 4 atom stereocenters. The first-order chi connectivity index (χ1) is 7.15. The van der Waals surface area contributed by atoms with Crippen molar-refractivity contribution in [2.75, 3.05) is 13.7 Å². The van der Waals surface area contributed by atoms with Crippen LogP contribution in [0.25, 0.3) is 10.4 Å². The van der Waals surface area contributed by atoms with Gasteiger partial charge in [-0.15, -0.1) is 0 Å². The summed E-state index contributed by atoms with van der Waals surface area (Å²) in [6, 6.07) is -1.07. The van der Waals surface area contributed by atoms with E-state index in [1.807, 2.05) is 0 Å². The van der Waals surface area contributed by atoms with Crippen molar-refractivity contribution in [3.63, 3.8) is 0 Å². The van der Waals surface area contributed by atoms with Crippen LogP contribution in [-0.4, -0.2) is 54.3 Å². The Balaban J connectivity index is 2.86. The summed E-state index contributed by atoms with van der Waals surface area (Å²) >= 11 is 0. The lowest BCUT2D eigenvalue weighted by Gasteiger charge is -2.11. The maximum atomic E-state index is 11.2. The molecule has 0 aromatic carbocycles. The molecule has 0 unspecified atom stereocenters. The van der Waals surface area contributed by atoms with Crippen LogP contribution < -0.4 is 0 Å². The molecule has 1 aliphatic rings. The molecule has 0 amide bonds. The second-order valence-corrected chi connectivity index (χ2v) is 2.99. The molecule has 0 aliphatic carbocycles. The molecular weight excluding hydrogens is 206 g/mol. The van der Waals surface area contributed by atoms with E-state index in [9.17, 15) is 9.90 Å². The third-order valence-corrected chi connectivity index (χ3v) is 2.16. The molecule has 0 saturated carbocycles. The third kappa shape index (κ3) is 2.18. The number of methoxy groups -OCH3 is 1. The standard InChI is InChI=1S/C7H11N3O5/c1-14-7(13)6-4(9-10-8)5(12)3(2-11)15-6/h3-6,11-12H,2H2,1H3/t3-,4-,5+,6+/m1/s1. The summed E-state index contributed by atoms with van der Waals surface area (Å²) in [4.78, 5) is 13.7. The zero-order valence-electron chi connectivity index (χ0n) is 7.98. The molecule has 0 aromatic heterocycles. The second kappa shape index (κ2) is 4.94. The number of carbonyl (C=O) groups excluding carboxylic acids is 1. The molecule has 0 radical (unpaired) electrons. The minimum Gasteiger partial charge on any atom is -0.467 e. The summed E-state index contributed by atoms with van der Waals surface area (Å²) in [6.45, 7) is -0.466. The second-order valence-electron chi connectivity index (χ2n) is 2.99. The van der Waals surface area contributed by atoms with Gasteiger partial charge in [0, 0.05) is 4.91 Å². The number of aliphatic hydroxyl groups is 2. The van der Waals surface area contributed by atoms with E-state index in [-0.39, 0.29) is 0 Å². The minimum atomic E-state index is -1.21. The monoisotopic (exact) mass is 217 g/mol. The Bertz CT molecular complexity index is 290. The average Bonchev–Trinajstić information content (AvgIpc) is 2.56. The van der Waals surface area contributed by atoms with Crippen molar-refractivity contribution in [3.8, 4) is 0 Å². The van der Waals surface area contributed by atoms with Crippen LogP contribution in [-0.2, 0) is 14.3 Å². The molecule has 0 bridgehead atoms. The van der Waals surface area contributed by atoms with Gasteiger partial charge in [0.05, 0.1) is 19.8 Å². The Morgan fingerprint density at radius 3 is 2.87 bits per heavy atom. The van der Waals surface area contributed by atoms with Crippen molar-refractivity contribution in [1.29, 1.82) is 0 Å². The zero-order chi connectivity index (χ0) is 11.4. The smallest absolute Gasteiger partial charge is 0.335 e. The van der Waals surface area contributed by atoms with Gasteiger partial charge in [-0.25, -0.2) is 4.79 Å². The van der Waals surface area contributed by atoms with Crippen LogP contribution in [0.4, 0.5) is 0 Å². The van der Waals surface area contributed by atoms with Gasteiger partial charge in [-0.1, -0.05) is 5.11 Å². The van der Waals surface area contributed by atoms with Crippen LogP contribution in [0.5, 0.6) is 0 Å². The Labute approximate surface area is 85.0 Å². The molecule has 0 spiro atoms. The number of ether oxygens (including phenoxy) is 2. The van der Waals surface area contributed by atoms with Crippen LogP contribution in [0, 0.1) is 0 Å². The molecule has 8 heteroatoms. The van der Waals surface area contributed by atoms with Crippen molar-refractivity contribution >= 4 is 5.97 Å². The maximum absolute atomic E-state index is 11.2. The van der Waals surface area contributed by atoms with E-state index in [1.165, 1.54) is 0 Å². The molecule has 2 N–H and O–H groups in total. The molecular formula is C7H11N3O5. The van der Waals surface area contributed by atoms with Crippen LogP contribution in [0.3, 0.4) is 0 Å². The fraction of sp³-hybridized carbons (Fsp3) is 0.857. The van der Waals surface area contributed by atoms with Crippen LogP contribution >= 0.6 is 0 Å². The number of azide groups is 1. The Morgan fingerprint density at radius 2 is 2.40 bits per heavy atom. The van der Waals surface area contributed by atoms with Gasteiger partial charge in [-0.2, -0.15) is 0 Å². The van der Waals surface area contributed by atoms with Gasteiger partial charge in [0.1, 0.15) is 12.1 Å². The van der Waals surface area contributed by atoms with Crippen molar-refractivity contribution in [3.05, 3.63) is 10.4 Å². The van der Waals surface area contributed by atoms with E-state index >= 15 is 0 Å². The van der Waals surface area contributed by atoms with Gasteiger partial charge in [-0.05, 0) is 5.53 Å². The predicted octanol–water partition coefficient (Wildman–Crippen LogP) is -1.04. The summed E-state index contributed by atoms with van der Waals surface area (Å²) in [6.07, 6.45) is -3.32. The fourth-order valence-electron chi connectivity index (χ4n) is 1.40. The van der Waals surface area contributed by atoms with Crippen LogP contribution in [0.15, 0.2) is 5.11 Å². The molecule has 8 nitrogen and oxygen atoms in total. The van der Waals surface area contributed by atoms with E-state index in [2.05, 4.69) is 14.8 Å². The number of hydrogen-bond acceptors (Lipinski definition) is 6. The first kappa shape index (κ1) is 11.7. The number of nitrogens with zero attached hydrogens (tertiary/aromatic N) is 3. The quantitative estimate of drug-likeness (QED) is 0.270. The van der Waals surface area contributed by atoms with Gasteiger partial charge >= 0.3 is 5.97 Å². The number of aliphatic hydroxyl groups excluding tert-OH is 2. The van der Waals surface area contributed by atoms with Gasteiger partial charge < -0.3 is 19.7 Å². The largest absolute Gasteiger partial charge is 0.467 e. The van der Waals surface area contributed by atoms with Crippen molar-refractivity contribution in [2.45, 2.75) is 24.4 Å². The van der Waals surface area contributed by atoms with Crippen LogP contribution in [0.2, 0.25) is 0 Å². The number of hydrogen-bond donors (Lipinski definition) is 2. The summed E-state index contributed by atoms with van der Waals surface area (Å²) in [5, 5.41) is 21.6. The lowest BCUT2D eigenvalue weighted by molar-refractivity contribution is -0.154. The summed E-state index contributed by atoms with van der Waals surface area (Å²) < 4.78 is 9.41. The van der Waals surface area contributed by atoms with E-state index in [1.54, 1.807) is 0 Å². The zero-order valence-corrected chi connectivity index (χ0v) is 7.98. The molecule has 1 rings (SSSR count). The highest BCUT2D eigenvalue weighted by molar-refractivity contribution is 5.76. The van der Waals surface area contributed by atoms with Crippen LogP contribution in [0.1, 0.15) is 0 Å². The molecule has 1 saturated heterocycles. The van der Waals surface area contributed by atoms with Crippen molar-refractivity contribution < 1.29 is 24.5 Å². The number of esters is 1. The molecule has 84 valence electrons. The highest BCUT2D eigenvalue weighted by Crippen LogP contribution is 2.24. The van der Waals surface area contributed by atoms with E-state index < -0.39 is 36.9 Å². The maximum Gasteiger partial charge on any atom is 0.335 e. The highest BCUT2D eigenvalue weighted by atomic mass is 16.6. The molecule has 1 fully saturated rings. The summed E-state index contributed by atoms with van der Waals surface area (Å²) in [7, 11) is 1.15. The van der Waals surface area contributed by atoms with Gasteiger partial charge in [0.2, 0.25) is 0 Å². The molecule has 0 aromatic rings. The Hall–Kier alpha value is -1.34. The molecule has 1 heterocycles. The topological polar surface area (TPSA) is 125 Å².